The van der Waals surface area contributed by atoms with Gasteiger partial charge in [-0.15, -0.1) is 0 Å². The fourth-order valence-corrected chi connectivity index (χ4v) is 5.38. The highest BCUT2D eigenvalue weighted by atomic mass is 79.9. The maximum atomic E-state index is 13.0. The maximum absolute atomic E-state index is 13.0. The lowest BCUT2D eigenvalue weighted by Crippen LogP contribution is -2.40. The van der Waals surface area contributed by atoms with E-state index in [1.807, 2.05) is 0 Å². The highest BCUT2D eigenvalue weighted by Crippen LogP contribution is 2.65. The topological polar surface area (TPSA) is 80.5 Å². The Hall–Kier alpha value is -2.02. The smallest absolute Gasteiger partial charge is 0.274 e. The third-order valence-corrected chi connectivity index (χ3v) is 6.53. The summed E-state index contributed by atoms with van der Waals surface area (Å²) in [5.41, 5.74) is -0.143. The van der Waals surface area contributed by atoms with Crippen molar-refractivity contribution in [3.63, 3.8) is 0 Å². The number of imide groups is 1. The van der Waals surface area contributed by atoms with Crippen LogP contribution in [0.4, 0.5) is 11.4 Å². The van der Waals surface area contributed by atoms with Gasteiger partial charge in [-0.1, -0.05) is 28.1 Å². The number of hydrogen-bond donors (Lipinski definition) is 0. The number of benzene rings is 1. The van der Waals surface area contributed by atoms with Gasteiger partial charge < -0.3 is 0 Å². The van der Waals surface area contributed by atoms with Gasteiger partial charge in [0.2, 0.25) is 11.8 Å². The fraction of sp³-hybridized carbons (Fsp3) is 0.412. The van der Waals surface area contributed by atoms with E-state index in [0.717, 1.165) is 11.3 Å². The molecule has 3 fully saturated rings. The molecule has 0 unspecified atom stereocenters. The number of anilines is 1. The van der Waals surface area contributed by atoms with Crippen LogP contribution in [0.1, 0.15) is 6.42 Å². The summed E-state index contributed by atoms with van der Waals surface area (Å²) in [7, 11) is 0. The van der Waals surface area contributed by atoms with Crippen molar-refractivity contribution in [2.45, 2.75) is 6.42 Å². The Kier molecular flexibility index (Phi) is 2.71. The lowest BCUT2D eigenvalue weighted by molar-refractivity contribution is -0.384. The van der Waals surface area contributed by atoms with Gasteiger partial charge in [0.1, 0.15) is 5.69 Å². The highest BCUT2D eigenvalue weighted by Gasteiger charge is 2.67. The molecule has 0 radical (unpaired) electrons. The van der Waals surface area contributed by atoms with Crippen LogP contribution in [0, 0.1) is 45.6 Å². The summed E-state index contributed by atoms with van der Waals surface area (Å²) in [4.78, 5) is 37.9. The second kappa shape index (κ2) is 4.53. The third kappa shape index (κ3) is 1.65. The van der Waals surface area contributed by atoms with Gasteiger partial charge in [0.05, 0.1) is 16.8 Å². The lowest BCUT2D eigenvalue weighted by atomic mass is 9.63. The van der Waals surface area contributed by atoms with Crippen molar-refractivity contribution in [1.29, 1.82) is 0 Å². The van der Waals surface area contributed by atoms with E-state index in [0.29, 0.717) is 16.3 Å². The van der Waals surface area contributed by atoms with Crippen LogP contribution < -0.4 is 4.90 Å². The first-order valence-electron chi connectivity index (χ1n) is 7.99. The molecule has 1 aromatic rings. The molecule has 6 rings (SSSR count). The maximum Gasteiger partial charge on any atom is 0.294 e. The Morgan fingerprint density at radius 2 is 1.67 bits per heavy atom. The van der Waals surface area contributed by atoms with E-state index in [1.54, 1.807) is 6.07 Å². The van der Waals surface area contributed by atoms with Crippen LogP contribution in [0.25, 0.3) is 0 Å². The minimum Gasteiger partial charge on any atom is -0.274 e. The Morgan fingerprint density at radius 1 is 1.08 bits per heavy atom. The molecule has 6 nitrogen and oxygen atoms in total. The molecule has 2 bridgehead atoms. The first kappa shape index (κ1) is 14.3. The molecule has 1 heterocycles. The third-order valence-electron chi connectivity index (χ3n) is 6.04. The average Bonchev–Trinajstić information content (AvgIpc) is 3.33. The first-order chi connectivity index (χ1) is 11.5. The molecule has 2 amide bonds. The second-order valence-corrected chi connectivity index (χ2v) is 7.97. The van der Waals surface area contributed by atoms with Crippen LogP contribution in [0.5, 0.6) is 0 Å². The minimum atomic E-state index is -0.549. The van der Waals surface area contributed by atoms with Gasteiger partial charge in [0, 0.05) is 10.5 Å². The molecule has 2 saturated carbocycles. The molecule has 4 aliphatic carbocycles. The molecular weight excluding hydrogens is 376 g/mol. The van der Waals surface area contributed by atoms with E-state index in [4.69, 9.17) is 0 Å². The van der Waals surface area contributed by atoms with Gasteiger partial charge in [-0.3, -0.25) is 19.7 Å². The zero-order valence-electron chi connectivity index (χ0n) is 12.5. The van der Waals surface area contributed by atoms with Crippen LogP contribution in [0.2, 0.25) is 0 Å². The SMILES string of the molecule is O=C1[C@@H]2[C@@H]3C=C[C@H]([C@@H]4C[C@H]34)[C@@H]2C(=O)N1c1ccc(Br)cc1[N+](=O)[O-]. The lowest BCUT2D eigenvalue weighted by Gasteiger charge is -2.37. The predicted molar refractivity (Wildman–Crippen MR) is 88.0 cm³/mol. The quantitative estimate of drug-likeness (QED) is 0.337. The average molecular weight is 389 g/mol. The molecule has 7 heteroatoms. The van der Waals surface area contributed by atoms with Crippen molar-refractivity contribution in [3.05, 3.63) is 44.9 Å². The van der Waals surface area contributed by atoms with Crippen molar-refractivity contribution >= 4 is 39.1 Å². The summed E-state index contributed by atoms with van der Waals surface area (Å²) >= 11 is 3.20. The number of halogens is 1. The predicted octanol–water partition coefficient (Wildman–Crippen LogP) is 2.91. The van der Waals surface area contributed by atoms with Crippen LogP contribution in [0.3, 0.4) is 0 Å². The fourth-order valence-electron chi connectivity index (χ4n) is 5.03. The van der Waals surface area contributed by atoms with E-state index in [-0.39, 0.29) is 46.9 Å². The Balaban J connectivity index is 1.61. The van der Waals surface area contributed by atoms with Crippen LogP contribution in [0.15, 0.2) is 34.8 Å². The Bertz CT molecular complexity index is 815. The second-order valence-electron chi connectivity index (χ2n) is 7.06. The number of nitrogens with zero attached hydrogens (tertiary/aromatic N) is 2. The number of allylic oxidation sites excluding steroid dienone is 2. The molecule has 6 atom stereocenters. The Labute approximate surface area is 145 Å². The molecule has 1 aliphatic heterocycles. The van der Waals surface area contributed by atoms with Gasteiger partial charge in [0.25, 0.3) is 5.69 Å². The molecule has 0 N–H and O–H groups in total. The summed E-state index contributed by atoms with van der Waals surface area (Å²) in [6.07, 6.45) is 5.27. The van der Waals surface area contributed by atoms with Gasteiger partial charge in [-0.05, 0) is 42.2 Å². The van der Waals surface area contributed by atoms with E-state index < -0.39 is 4.92 Å². The zero-order valence-corrected chi connectivity index (χ0v) is 14.0. The largest absolute Gasteiger partial charge is 0.294 e. The molecule has 5 aliphatic rings. The van der Waals surface area contributed by atoms with E-state index >= 15 is 0 Å². The van der Waals surface area contributed by atoms with E-state index in [1.165, 1.54) is 12.1 Å². The molecule has 122 valence electrons. The van der Waals surface area contributed by atoms with Crippen molar-refractivity contribution in [1.82, 2.24) is 0 Å². The zero-order chi connectivity index (χ0) is 16.7. The van der Waals surface area contributed by atoms with Crippen molar-refractivity contribution in [3.8, 4) is 0 Å². The number of rotatable bonds is 2. The first-order valence-corrected chi connectivity index (χ1v) is 8.78. The summed E-state index contributed by atoms with van der Waals surface area (Å²) in [5.74, 6) is -0.00290. The molecule has 1 saturated heterocycles. The number of nitro groups is 1. The number of amides is 2. The molecule has 0 spiro atoms. The number of nitro benzene ring substituents is 1. The van der Waals surface area contributed by atoms with Gasteiger partial charge in [-0.2, -0.15) is 0 Å². The standard InChI is InChI=1S/C17H13BrN2O4/c18-7-1-4-12(13(5-7)20(23)24)19-16(21)14-8-2-3-9(11-6-10(8)11)15(14)17(19)22/h1-5,8-11,14-15H,6H2/t8-,9-,10-,11+,14-,15+/m1/s1. The molecular formula is C17H13BrN2O4. The molecule has 0 aromatic heterocycles. The number of carbonyl (C=O) groups excluding carboxylic acids is 2. The summed E-state index contributed by atoms with van der Waals surface area (Å²) < 4.78 is 0.539. The molecule has 24 heavy (non-hydrogen) atoms. The van der Waals surface area contributed by atoms with Crippen molar-refractivity contribution < 1.29 is 14.5 Å². The van der Waals surface area contributed by atoms with E-state index in [9.17, 15) is 19.7 Å². The summed E-state index contributed by atoms with van der Waals surface area (Å²) in [6.45, 7) is 0. The highest BCUT2D eigenvalue weighted by molar-refractivity contribution is 9.10. The summed E-state index contributed by atoms with van der Waals surface area (Å²) in [5, 5.41) is 11.4. The van der Waals surface area contributed by atoms with Gasteiger partial charge in [-0.25, -0.2) is 4.90 Å². The normalized spacial score (nSPS) is 38.3. The van der Waals surface area contributed by atoms with Gasteiger partial charge >= 0.3 is 0 Å². The van der Waals surface area contributed by atoms with Crippen molar-refractivity contribution in [2.75, 3.05) is 4.90 Å². The minimum absolute atomic E-state index is 0.0840. The van der Waals surface area contributed by atoms with Crippen LogP contribution >= 0.6 is 15.9 Å². The van der Waals surface area contributed by atoms with Crippen molar-refractivity contribution in [2.24, 2.45) is 35.5 Å². The van der Waals surface area contributed by atoms with Gasteiger partial charge in [0.15, 0.2) is 0 Å². The van der Waals surface area contributed by atoms with Crippen LogP contribution in [-0.2, 0) is 9.59 Å². The number of hydrogen-bond acceptors (Lipinski definition) is 4. The number of carbonyl (C=O) groups is 2. The Morgan fingerprint density at radius 3 is 2.21 bits per heavy atom. The summed E-state index contributed by atoms with van der Waals surface area (Å²) in [6, 6.07) is 4.43. The molecule has 1 aromatic carbocycles. The van der Waals surface area contributed by atoms with Crippen LogP contribution in [-0.4, -0.2) is 16.7 Å². The van der Waals surface area contributed by atoms with E-state index in [2.05, 4.69) is 28.1 Å². The monoisotopic (exact) mass is 388 g/mol.